The number of nitrogens with zero attached hydrogens (tertiary/aromatic N) is 1. The summed E-state index contributed by atoms with van der Waals surface area (Å²) < 4.78 is 8.90. The van der Waals surface area contributed by atoms with Crippen LogP contribution in [0.2, 0.25) is 0 Å². The van der Waals surface area contributed by atoms with Crippen LogP contribution in [0.3, 0.4) is 0 Å². The average molecular weight is 746 g/mol. The molecule has 2 heterocycles. The summed E-state index contributed by atoms with van der Waals surface area (Å²) in [6.45, 7) is 0. The predicted molar refractivity (Wildman–Crippen MR) is 243 cm³/mol. The summed E-state index contributed by atoms with van der Waals surface area (Å²) in [6, 6.07) is 76.5. The van der Waals surface area contributed by atoms with Crippen LogP contribution in [-0.2, 0) is 0 Å². The summed E-state index contributed by atoms with van der Waals surface area (Å²) >= 11 is 1.85. The highest BCUT2D eigenvalue weighted by molar-refractivity contribution is 7.25. The first-order valence-corrected chi connectivity index (χ1v) is 20.1. The molecule has 0 aliphatic carbocycles. The van der Waals surface area contributed by atoms with Gasteiger partial charge in [0.2, 0.25) is 0 Å². The molecule has 0 aliphatic rings. The summed E-state index contributed by atoms with van der Waals surface area (Å²) in [5, 5.41) is 4.87. The highest BCUT2D eigenvalue weighted by atomic mass is 32.1. The Morgan fingerprint density at radius 2 is 0.825 bits per heavy atom. The Bertz CT molecular complexity index is 3210. The van der Waals surface area contributed by atoms with Crippen molar-refractivity contribution in [1.82, 2.24) is 0 Å². The second kappa shape index (κ2) is 13.8. The molecule has 11 rings (SSSR count). The summed E-state index contributed by atoms with van der Waals surface area (Å²) in [5.74, 6) is 0. The molecule has 2 nitrogen and oxygen atoms in total. The molecule has 2 aromatic heterocycles. The van der Waals surface area contributed by atoms with Crippen molar-refractivity contribution in [2.24, 2.45) is 0 Å². The second-order valence-electron chi connectivity index (χ2n) is 14.5. The zero-order chi connectivity index (χ0) is 37.7. The molecule has 0 amide bonds. The minimum atomic E-state index is 0.899. The van der Waals surface area contributed by atoms with Gasteiger partial charge in [-0.05, 0) is 117 Å². The monoisotopic (exact) mass is 745 g/mol. The van der Waals surface area contributed by atoms with E-state index in [4.69, 9.17) is 4.42 Å². The standard InChI is InChI=1S/C54H35NOS/c1-3-12-36(13-4-1)38-22-26-43(27-23-38)55(45-30-31-48-47-16-8-10-21-52(47)57-53(48)35-45)44-28-24-39(25-29-44)41-32-40(37-14-5-2-6-15-37)33-42(34-41)46-18-11-20-51-54(46)49-17-7-9-19-50(49)56-51/h1-35H. The first-order chi connectivity index (χ1) is 28.2. The molecule has 0 saturated heterocycles. The van der Waals surface area contributed by atoms with E-state index in [9.17, 15) is 0 Å². The van der Waals surface area contributed by atoms with Crippen molar-refractivity contribution >= 4 is 70.5 Å². The van der Waals surface area contributed by atoms with Crippen LogP contribution in [0.4, 0.5) is 17.1 Å². The third-order valence-corrected chi connectivity index (χ3v) is 12.2. The van der Waals surface area contributed by atoms with Crippen molar-refractivity contribution in [2.75, 3.05) is 4.90 Å². The molecule has 11 aromatic rings. The lowest BCUT2D eigenvalue weighted by molar-refractivity contribution is 0.669. The molecule has 3 heteroatoms. The molecule has 0 aliphatic heterocycles. The lowest BCUT2D eigenvalue weighted by Gasteiger charge is -2.26. The molecular formula is C54H35NOS. The fourth-order valence-corrected chi connectivity index (χ4v) is 9.44. The normalized spacial score (nSPS) is 11.5. The lowest BCUT2D eigenvalue weighted by Crippen LogP contribution is -2.09. The summed E-state index contributed by atoms with van der Waals surface area (Å²) in [7, 11) is 0. The number of anilines is 3. The van der Waals surface area contributed by atoms with E-state index in [2.05, 4.69) is 205 Å². The maximum absolute atomic E-state index is 6.32. The van der Waals surface area contributed by atoms with Gasteiger partial charge in [0.15, 0.2) is 0 Å². The third kappa shape index (κ3) is 5.97. The van der Waals surface area contributed by atoms with Crippen molar-refractivity contribution in [3.05, 3.63) is 212 Å². The number of fused-ring (bicyclic) bond motifs is 6. The highest BCUT2D eigenvalue weighted by Crippen LogP contribution is 2.43. The minimum Gasteiger partial charge on any atom is -0.456 e. The fraction of sp³-hybridized carbons (Fsp3) is 0. The Kier molecular flexibility index (Phi) is 8.04. The van der Waals surface area contributed by atoms with Gasteiger partial charge in [-0.25, -0.2) is 0 Å². The van der Waals surface area contributed by atoms with E-state index in [0.717, 1.165) is 61.3 Å². The van der Waals surface area contributed by atoms with Crippen LogP contribution >= 0.6 is 11.3 Å². The van der Waals surface area contributed by atoms with E-state index < -0.39 is 0 Å². The number of thiophene rings is 1. The van der Waals surface area contributed by atoms with Crippen molar-refractivity contribution in [3.8, 4) is 44.5 Å². The summed E-state index contributed by atoms with van der Waals surface area (Å²) in [4.78, 5) is 2.37. The smallest absolute Gasteiger partial charge is 0.136 e. The molecule has 0 unspecified atom stereocenters. The van der Waals surface area contributed by atoms with Gasteiger partial charge in [0.1, 0.15) is 11.2 Å². The number of para-hydroxylation sites is 1. The van der Waals surface area contributed by atoms with Gasteiger partial charge >= 0.3 is 0 Å². The van der Waals surface area contributed by atoms with Crippen molar-refractivity contribution in [2.45, 2.75) is 0 Å². The molecule has 268 valence electrons. The third-order valence-electron chi connectivity index (χ3n) is 11.1. The van der Waals surface area contributed by atoms with Crippen molar-refractivity contribution < 1.29 is 4.42 Å². The molecule has 0 N–H and O–H groups in total. The van der Waals surface area contributed by atoms with E-state index in [1.165, 1.54) is 42.4 Å². The SMILES string of the molecule is c1ccc(-c2ccc(N(c3ccc(-c4cc(-c5ccccc5)cc(-c5cccc6oc7ccccc7c56)c4)cc3)c3ccc4c(c3)sc3ccccc34)cc2)cc1. The van der Waals surface area contributed by atoms with Crippen LogP contribution in [0.15, 0.2) is 217 Å². The topological polar surface area (TPSA) is 16.4 Å². The number of benzene rings is 9. The first-order valence-electron chi connectivity index (χ1n) is 19.3. The van der Waals surface area contributed by atoms with E-state index in [-0.39, 0.29) is 0 Å². The number of hydrogen-bond acceptors (Lipinski definition) is 3. The Morgan fingerprint density at radius 3 is 1.53 bits per heavy atom. The van der Waals surface area contributed by atoms with Gasteiger partial charge in [0.05, 0.1) is 0 Å². The van der Waals surface area contributed by atoms with E-state index >= 15 is 0 Å². The zero-order valence-corrected chi connectivity index (χ0v) is 31.8. The van der Waals surface area contributed by atoms with Gasteiger partial charge < -0.3 is 9.32 Å². The van der Waals surface area contributed by atoms with Crippen LogP contribution in [-0.4, -0.2) is 0 Å². The van der Waals surface area contributed by atoms with Crippen LogP contribution in [0, 0.1) is 0 Å². The average Bonchev–Trinajstić information content (AvgIpc) is 3.86. The van der Waals surface area contributed by atoms with Gasteiger partial charge in [0.25, 0.3) is 0 Å². The summed E-state index contributed by atoms with van der Waals surface area (Å²) in [5.41, 5.74) is 14.5. The molecule has 0 saturated carbocycles. The Hall–Kier alpha value is -7.20. The van der Waals surface area contributed by atoms with Crippen LogP contribution in [0.1, 0.15) is 0 Å². The molecule has 0 spiro atoms. The van der Waals surface area contributed by atoms with Gasteiger partial charge in [-0.3, -0.25) is 0 Å². The van der Waals surface area contributed by atoms with Crippen LogP contribution < -0.4 is 4.90 Å². The molecule has 0 atom stereocenters. The Morgan fingerprint density at radius 1 is 0.316 bits per heavy atom. The minimum absolute atomic E-state index is 0.899. The molecule has 57 heavy (non-hydrogen) atoms. The Labute approximate surface area is 335 Å². The van der Waals surface area contributed by atoms with E-state index in [1.807, 2.05) is 23.5 Å². The van der Waals surface area contributed by atoms with Gasteiger partial charge in [-0.15, -0.1) is 11.3 Å². The molecular weight excluding hydrogens is 711 g/mol. The summed E-state index contributed by atoms with van der Waals surface area (Å²) in [6.07, 6.45) is 0. The predicted octanol–water partition coefficient (Wildman–Crippen LogP) is 16.1. The van der Waals surface area contributed by atoms with E-state index in [0.29, 0.717) is 0 Å². The molecule has 0 fully saturated rings. The van der Waals surface area contributed by atoms with Crippen molar-refractivity contribution in [3.63, 3.8) is 0 Å². The lowest BCUT2D eigenvalue weighted by atomic mass is 9.91. The molecule has 0 radical (unpaired) electrons. The maximum atomic E-state index is 6.32. The van der Waals surface area contributed by atoms with Crippen LogP contribution in [0.25, 0.3) is 86.6 Å². The number of furan rings is 1. The maximum Gasteiger partial charge on any atom is 0.136 e. The second-order valence-corrected chi connectivity index (χ2v) is 15.6. The van der Waals surface area contributed by atoms with Gasteiger partial charge in [-0.2, -0.15) is 0 Å². The van der Waals surface area contributed by atoms with E-state index in [1.54, 1.807) is 0 Å². The van der Waals surface area contributed by atoms with Crippen LogP contribution in [0.5, 0.6) is 0 Å². The number of rotatable bonds is 7. The molecule has 0 bridgehead atoms. The number of hydrogen-bond donors (Lipinski definition) is 0. The quantitative estimate of drug-likeness (QED) is 0.162. The van der Waals surface area contributed by atoms with Gasteiger partial charge in [0, 0.05) is 48.0 Å². The fourth-order valence-electron chi connectivity index (χ4n) is 8.30. The largest absolute Gasteiger partial charge is 0.456 e. The molecule has 9 aromatic carbocycles. The first kappa shape index (κ1) is 33.2. The highest BCUT2D eigenvalue weighted by Gasteiger charge is 2.17. The Balaban J connectivity index is 1.04. The van der Waals surface area contributed by atoms with Crippen molar-refractivity contribution in [1.29, 1.82) is 0 Å². The zero-order valence-electron chi connectivity index (χ0n) is 31.0. The van der Waals surface area contributed by atoms with Gasteiger partial charge in [-0.1, -0.05) is 140 Å².